The molecule has 0 atom stereocenters. The lowest BCUT2D eigenvalue weighted by atomic mass is 10.1. The Hall–Kier alpha value is -1.88. The van der Waals surface area contributed by atoms with E-state index in [2.05, 4.69) is 0 Å². The van der Waals surface area contributed by atoms with E-state index in [1.165, 1.54) is 0 Å². The Morgan fingerprint density at radius 2 is 2.00 bits per heavy atom. The molecule has 3 N–H and O–H groups in total. The molecule has 0 radical (unpaired) electrons. The molecule has 0 aliphatic heterocycles. The predicted molar refractivity (Wildman–Crippen MR) is 52.3 cm³/mol. The molecule has 15 heavy (non-hydrogen) atoms. The van der Waals surface area contributed by atoms with Crippen molar-refractivity contribution in [2.45, 2.75) is 6.61 Å². The first-order valence-electron chi connectivity index (χ1n) is 4.28. The lowest BCUT2D eigenvalue weighted by molar-refractivity contribution is -0.142. The van der Waals surface area contributed by atoms with Gasteiger partial charge in [0.2, 0.25) is 5.91 Å². The van der Waals surface area contributed by atoms with Crippen LogP contribution in [0.25, 0.3) is 0 Å². The summed E-state index contributed by atoms with van der Waals surface area (Å²) in [6.45, 7) is -0.335. The molecule has 0 aliphatic carbocycles. The van der Waals surface area contributed by atoms with E-state index in [4.69, 9.17) is 15.6 Å². The second kappa shape index (κ2) is 5.11. The number of aliphatic carboxylic acids is 1. The lowest BCUT2D eigenvalue weighted by Crippen LogP contribution is -2.15. The van der Waals surface area contributed by atoms with Crippen molar-refractivity contribution in [3.8, 4) is 0 Å². The SMILES string of the molecule is NC(=O)c1ccccc1COCC(=O)O. The fraction of sp³-hybridized carbons (Fsp3) is 0.200. The van der Waals surface area contributed by atoms with Crippen LogP contribution in [0.1, 0.15) is 15.9 Å². The highest BCUT2D eigenvalue weighted by Gasteiger charge is 2.07. The molecule has 1 aromatic rings. The summed E-state index contributed by atoms with van der Waals surface area (Å²) in [6.07, 6.45) is 0. The van der Waals surface area contributed by atoms with Gasteiger partial charge in [-0.1, -0.05) is 18.2 Å². The molecular formula is C10H11NO4. The van der Waals surface area contributed by atoms with Crippen molar-refractivity contribution in [3.05, 3.63) is 35.4 Å². The normalized spacial score (nSPS) is 9.87. The minimum atomic E-state index is -1.05. The Bertz CT molecular complexity index is 375. The van der Waals surface area contributed by atoms with E-state index in [9.17, 15) is 9.59 Å². The quantitative estimate of drug-likeness (QED) is 0.733. The highest BCUT2D eigenvalue weighted by atomic mass is 16.5. The monoisotopic (exact) mass is 209 g/mol. The van der Waals surface area contributed by atoms with Crippen molar-refractivity contribution in [2.24, 2.45) is 5.73 Å². The Morgan fingerprint density at radius 1 is 1.33 bits per heavy atom. The first-order valence-corrected chi connectivity index (χ1v) is 4.28. The molecule has 1 rings (SSSR count). The van der Waals surface area contributed by atoms with Crippen LogP contribution in [0.3, 0.4) is 0 Å². The Balaban J connectivity index is 2.67. The van der Waals surface area contributed by atoms with E-state index in [0.717, 1.165) is 0 Å². The van der Waals surface area contributed by atoms with Gasteiger partial charge in [0.05, 0.1) is 6.61 Å². The number of hydrogen-bond donors (Lipinski definition) is 2. The smallest absolute Gasteiger partial charge is 0.329 e. The van der Waals surface area contributed by atoms with Crippen molar-refractivity contribution in [1.29, 1.82) is 0 Å². The first-order chi connectivity index (χ1) is 7.11. The highest BCUT2D eigenvalue weighted by Crippen LogP contribution is 2.09. The number of primary amides is 1. The number of carboxylic acids is 1. The first kappa shape index (κ1) is 11.2. The van der Waals surface area contributed by atoms with Gasteiger partial charge in [0.25, 0.3) is 0 Å². The molecule has 0 unspecified atom stereocenters. The average molecular weight is 209 g/mol. The Kier molecular flexibility index (Phi) is 3.82. The van der Waals surface area contributed by atoms with Gasteiger partial charge in [-0.05, 0) is 11.6 Å². The van der Waals surface area contributed by atoms with E-state index in [-0.39, 0.29) is 6.61 Å². The summed E-state index contributed by atoms with van der Waals surface area (Å²) in [7, 11) is 0. The van der Waals surface area contributed by atoms with Crippen LogP contribution in [0.15, 0.2) is 24.3 Å². The number of nitrogens with two attached hydrogens (primary N) is 1. The van der Waals surface area contributed by atoms with Crippen LogP contribution in [-0.4, -0.2) is 23.6 Å². The molecule has 1 amide bonds. The zero-order chi connectivity index (χ0) is 11.3. The van der Waals surface area contributed by atoms with Gasteiger partial charge in [-0.3, -0.25) is 4.79 Å². The van der Waals surface area contributed by atoms with Crippen LogP contribution in [0.2, 0.25) is 0 Å². The maximum Gasteiger partial charge on any atom is 0.329 e. The van der Waals surface area contributed by atoms with Crippen molar-refractivity contribution in [3.63, 3.8) is 0 Å². The van der Waals surface area contributed by atoms with E-state index in [0.29, 0.717) is 11.1 Å². The molecule has 0 aromatic heterocycles. The number of benzene rings is 1. The van der Waals surface area contributed by atoms with Crippen LogP contribution in [-0.2, 0) is 16.1 Å². The second-order valence-electron chi connectivity index (χ2n) is 2.91. The zero-order valence-electron chi connectivity index (χ0n) is 7.97. The van der Waals surface area contributed by atoms with E-state index < -0.39 is 18.5 Å². The molecule has 80 valence electrons. The molecule has 1 aromatic carbocycles. The number of amides is 1. The van der Waals surface area contributed by atoms with Gasteiger partial charge in [-0.25, -0.2) is 4.79 Å². The Morgan fingerprint density at radius 3 is 2.60 bits per heavy atom. The number of hydrogen-bond acceptors (Lipinski definition) is 3. The van der Waals surface area contributed by atoms with E-state index in [1.54, 1.807) is 24.3 Å². The van der Waals surface area contributed by atoms with Gasteiger partial charge in [0.15, 0.2) is 0 Å². The molecule has 0 spiro atoms. The van der Waals surface area contributed by atoms with Crippen molar-refractivity contribution in [2.75, 3.05) is 6.61 Å². The Labute approximate surface area is 86.5 Å². The van der Waals surface area contributed by atoms with Crippen LogP contribution < -0.4 is 5.73 Å². The topological polar surface area (TPSA) is 89.6 Å². The summed E-state index contributed by atoms with van der Waals surface area (Å²) in [6, 6.07) is 6.65. The number of rotatable bonds is 5. The minimum Gasteiger partial charge on any atom is -0.480 e. The van der Waals surface area contributed by atoms with Gasteiger partial charge in [0, 0.05) is 5.56 Å². The van der Waals surface area contributed by atoms with Crippen molar-refractivity contribution >= 4 is 11.9 Å². The summed E-state index contributed by atoms with van der Waals surface area (Å²) >= 11 is 0. The molecule has 5 heteroatoms. The van der Waals surface area contributed by atoms with Gasteiger partial charge in [0.1, 0.15) is 6.61 Å². The number of carboxylic acid groups (broad SMARTS) is 1. The molecule has 0 fully saturated rings. The lowest BCUT2D eigenvalue weighted by Gasteiger charge is -2.05. The molecule has 0 saturated heterocycles. The third-order valence-corrected chi connectivity index (χ3v) is 1.77. The predicted octanol–water partition coefficient (Wildman–Crippen LogP) is 0.387. The van der Waals surface area contributed by atoms with Crippen molar-refractivity contribution in [1.82, 2.24) is 0 Å². The molecular weight excluding hydrogens is 198 g/mol. The molecule has 0 saturated carbocycles. The largest absolute Gasteiger partial charge is 0.480 e. The van der Waals surface area contributed by atoms with Crippen LogP contribution in [0.5, 0.6) is 0 Å². The molecule has 0 heterocycles. The maximum absolute atomic E-state index is 11.0. The van der Waals surface area contributed by atoms with E-state index >= 15 is 0 Å². The summed E-state index contributed by atoms with van der Waals surface area (Å²) in [5, 5.41) is 8.35. The third-order valence-electron chi connectivity index (χ3n) is 1.77. The standard InChI is InChI=1S/C10H11NO4/c11-10(14)8-4-2-1-3-7(8)5-15-6-9(12)13/h1-4H,5-6H2,(H2,11,14)(H,12,13). The summed E-state index contributed by atoms with van der Waals surface area (Å²) < 4.78 is 4.86. The van der Waals surface area contributed by atoms with E-state index in [1.807, 2.05) is 0 Å². The summed E-state index contributed by atoms with van der Waals surface area (Å²) in [4.78, 5) is 21.2. The van der Waals surface area contributed by atoms with Gasteiger partial charge in [-0.2, -0.15) is 0 Å². The maximum atomic E-state index is 11.0. The van der Waals surface area contributed by atoms with Gasteiger partial charge in [-0.15, -0.1) is 0 Å². The van der Waals surface area contributed by atoms with Gasteiger partial charge >= 0.3 is 5.97 Å². The second-order valence-corrected chi connectivity index (χ2v) is 2.91. The zero-order valence-corrected chi connectivity index (χ0v) is 7.97. The van der Waals surface area contributed by atoms with Crippen LogP contribution >= 0.6 is 0 Å². The summed E-state index contributed by atoms with van der Waals surface area (Å²) in [5.74, 6) is -1.60. The third kappa shape index (κ3) is 3.40. The van der Waals surface area contributed by atoms with Crippen LogP contribution in [0.4, 0.5) is 0 Å². The van der Waals surface area contributed by atoms with Crippen LogP contribution in [0, 0.1) is 0 Å². The van der Waals surface area contributed by atoms with Crippen molar-refractivity contribution < 1.29 is 19.4 Å². The fourth-order valence-corrected chi connectivity index (χ4v) is 1.13. The number of ether oxygens (including phenoxy) is 1. The van der Waals surface area contributed by atoms with Gasteiger partial charge < -0.3 is 15.6 Å². The summed E-state index contributed by atoms with van der Waals surface area (Å²) in [5.41, 5.74) is 6.07. The number of carbonyl (C=O) groups is 2. The molecule has 5 nitrogen and oxygen atoms in total. The molecule has 0 bridgehead atoms. The number of carbonyl (C=O) groups excluding carboxylic acids is 1. The molecule has 0 aliphatic rings. The minimum absolute atomic E-state index is 0.0609. The highest BCUT2D eigenvalue weighted by molar-refractivity contribution is 5.94. The average Bonchev–Trinajstić information content (AvgIpc) is 2.17. The fourth-order valence-electron chi connectivity index (χ4n) is 1.13.